The van der Waals surface area contributed by atoms with Gasteiger partial charge in [0.2, 0.25) is 0 Å². The van der Waals surface area contributed by atoms with E-state index in [1.54, 1.807) is 4.90 Å². The van der Waals surface area contributed by atoms with Crippen molar-refractivity contribution in [3.8, 4) is 5.75 Å². The number of hydrogen-bond acceptors (Lipinski definition) is 3. The molecular formula is C13H18N2O3. The molecule has 1 heterocycles. The first-order chi connectivity index (χ1) is 8.76. The predicted octanol–water partition coefficient (Wildman–Crippen LogP) is 1.14. The summed E-state index contributed by atoms with van der Waals surface area (Å²) in [5.41, 5.74) is 1.02. The molecule has 18 heavy (non-hydrogen) atoms. The van der Waals surface area contributed by atoms with Gasteiger partial charge in [0.15, 0.2) is 0 Å². The zero-order chi connectivity index (χ0) is 13.0. The van der Waals surface area contributed by atoms with E-state index in [0.29, 0.717) is 19.7 Å². The van der Waals surface area contributed by atoms with E-state index in [1.807, 2.05) is 31.2 Å². The molecule has 0 aliphatic carbocycles. The summed E-state index contributed by atoms with van der Waals surface area (Å²) in [6, 6.07) is 7.56. The molecule has 0 spiro atoms. The average molecular weight is 250 g/mol. The minimum absolute atomic E-state index is 0.0327. The summed E-state index contributed by atoms with van der Waals surface area (Å²) in [6.45, 7) is 3.43. The molecule has 1 aliphatic rings. The molecule has 98 valence electrons. The topological polar surface area (TPSA) is 61.8 Å². The number of aliphatic hydroxyl groups excluding tert-OH is 1. The fraction of sp³-hybridized carbons (Fsp3) is 0.462. The van der Waals surface area contributed by atoms with Gasteiger partial charge in [-0.15, -0.1) is 0 Å². The first-order valence-electron chi connectivity index (χ1n) is 6.14. The quantitative estimate of drug-likeness (QED) is 0.824. The number of β-amino-alcohol motifs (C(OH)–C–C–N with tert-alkyl or cyclic N) is 1. The Labute approximate surface area is 106 Å². The van der Waals surface area contributed by atoms with Gasteiger partial charge in [0, 0.05) is 13.1 Å². The van der Waals surface area contributed by atoms with E-state index in [2.05, 4.69) is 5.32 Å². The first kappa shape index (κ1) is 12.7. The lowest BCUT2D eigenvalue weighted by Crippen LogP contribution is -2.32. The van der Waals surface area contributed by atoms with Gasteiger partial charge in [-0.05, 0) is 24.6 Å². The number of benzene rings is 1. The molecule has 1 aromatic rings. The van der Waals surface area contributed by atoms with Crippen LogP contribution in [0.1, 0.15) is 18.5 Å². The van der Waals surface area contributed by atoms with E-state index in [-0.39, 0.29) is 18.7 Å². The number of aliphatic hydroxyl groups is 1. The molecule has 1 atom stereocenters. The Morgan fingerprint density at radius 3 is 3.11 bits per heavy atom. The molecule has 2 rings (SSSR count). The van der Waals surface area contributed by atoms with Crippen LogP contribution in [0.25, 0.3) is 0 Å². The van der Waals surface area contributed by atoms with Gasteiger partial charge in [0.1, 0.15) is 5.75 Å². The van der Waals surface area contributed by atoms with Gasteiger partial charge in [0.25, 0.3) is 0 Å². The van der Waals surface area contributed by atoms with E-state index in [4.69, 9.17) is 9.84 Å². The van der Waals surface area contributed by atoms with Crippen molar-refractivity contribution in [2.45, 2.75) is 13.0 Å². The van der Waals surface area contributed by atoms with Gasteiger partial charge in [0.05, 0.1) is 19.3 Å². The van der Waals surface area contributed by atoms with Crippen LogP contribution in [0, 0.1) is 0 Å². The van der Waals surface area contributed by atoms with Gasteiger partial charge in [-0.25, -0.2) is 4.79 Å². The second-order valence-electron chi connectivity index (χ2n) is 4.12. The number of urea groups is 1. The second kappa shape index (κ2) is 5.73. The molecule has 1 fully saturated rings. The van der Waals surface area contributed by atoms with Crippen LogP contribution in [-0.2, 0) is 0 Å². The second-order valence-corrected chi connectivity index (χ2v) is 4.12. The highest BCUT2D eigenvalue weighted by molar-refractivity contribution is 5.77. The lowest BCUT2D eigenvalue weighted by Gasteiger charge is -2.22. The minimum atomic E-state index is -0.129. The summed E-state index contributed by atoms with van der Waals surface area (Å²) in [5.74, 6) is 0.804. The highest BCUT2D eigenvalue weighted by atomic mass is 16.5. The van der Waals surface area contributed by atoms with Crippen molar-refractivity contribution in [3.63, 3.8) is 0 Å². The Kier molecular flexibility index (Phi) is 4.04. The minimum Gasteiger partial charge on any atom is -0.494 e. The number of ether oxygens (including phenoxy) is 1. The standard InChI is InChI=1S/C13H18N2O3/c1-2-18-11-5-3-4-10(8-11)12-9-14-13(17)15(12)6-7-16/h3-5,8,12,16H,2,6-7,9H2,1H3,(H,14,17). The van der Waals surface area contributed by atoms with Gasteiger partial charge >= 0.3 is 6.03 Å². The van der Waals surface area contributed by atoms with Crippen LogP contribution >= 0.6 is 0 Å². The summed E-state index contributed by atoms with van der Waals surface area (Å²) < 4.78 is 5.45. The van der Waals surface area contributed by atoms with Crippen LogP contribution in [0.4, 0.5) is 4.79 Å². The van der Waals surface area contributed by atoms with Crippen molar-refractivity contribution >= 4 is 6.03 Å². The molecule has 5 heteroatoms. The summed E-state index contributed by atoms with van der Waals surface area (Å²) in [4.78, 5) is 13.3. The predicted molar refractivity (Wildman–Crippen MR) is 67.5 cm³/mol. The molecule has 1 unspecified atom stereocenters. The molecule has 2 amide bonds. The van der Waals surface area contributed by atoms with Gasteiger partial charge in [-0.1, -0.05) is 12.1 Å². The Balaban J connectivity index is 2.19. The van der Waals surface area contributed by atoms with Crippen LogP contribution in [0.2, 0.25) is 0 Å². The Hall–Kier alpha value is -1.75. The van der Waals surface area contributed by atoms with Crippen molar-refractivity contribution in [3.05, 3.63) is 29.8 Å². The number of carbonyl (C=O) groups is 1. The lowest BCUT2D eigenvalue weighted by molar-refractivity contribution is 0.179. The molecule has 1 aromatic carbocycles. The first-order valence-corrected chi connectivity index (χ1v) is 6.14. The highest BCUT2D eigenvalue weighted by Gasteiger charge is 2.31. The van der Waals surface area contributed by atoms with Crippen molar-refractivity contribution in [1.29, 1.82) is 0 Å². The van der Waals surface area contributed by atoms with Crippen molar-refractivity contribution < 1.29 is 14.6 Å². The van der Waals surface area contributed by atoms with Gasteiger partial charge in [-0.3, -0.25) is 0 Å². The van der Waals surface area contributed by atoms with E-state index in [0.717, 1.165) is 11.3 Å². The number of nitrogens with one attached hydrogen (secondary N) is 1. The molecular weight excluding hydrogens is 232 g/mol. The maximum absolute atomic E-state index is 11.6. The summed E-state index contributed by atoms with van der Waals surface area (Å²) in [6.07, 6.45) is 0. The molecule has 0 radical (unpaired) electrons. The summed E-state index contributed by atoms with van der Waals surface area (Å²) >= 11 is 0. The number of rotatable bonds is 5. The maximum atomic E-state index is 11.6. The van der Waals surface area contributed by atoms with Crippen LogP contribution in [0.15, 0.2) is 24.3 Å². The number of amides is 2. The zero-order valence-corrected chi connectivity index (χ0v) is 10.4. The molecule has 2 N–H and O–H groups in total. The summed E-state index contributed by atoms with van der Waals surface area (Å²) in [5, 5.41) is 11.8. The molecule has 0 aromatic heterocycles. The fourth-order valence-corrected chi connectivity index (χ4v) is 2.18. The van der Waals surface area contributed by atoms with Crippen molar-refractivity contribution in [2.75, 3.05) is 26.3 Å². The molecule has 5 nitrogen and oxygen atoms in total. The van der Waals surface area contributed by atoms with E-state index in [9.17, 15) is 4.79 Å². The Morgan fingerprint density at radius 1 is 1.56 bits per heavy atom. The van der Waals surface area contributed by atoms with E-state index < -0.39 is 0 Å². The zero-order valence-electron chi connectivity index (χ0n) is 10.4. The van der Waals surface area contributed by atoms with E-state index >= 15 is 0 Å². The third kappa shape index (κ3) is 2.56. The molecule has 0 bridgehead atoms. The number of nitrogens with zero attached hydrogens (tertiary/aromatic N) is 1. The van der Waals surface area contributed by atoms with Crippen molar-refractivity contribution in [1.82, 2.24) is 10.2 Å². The fourth-order valence-electron chi connectivity index (χ4n) is 2.18. The number of carbonyl (C=O) groups excluding carboxylic acids is 1. The smallest absolute Gasteiger partial charge is 0.318 e. The van der Waals surface area contributed by atoms with Gasteiger partial charge < -0.3 is 20.1 Å². The number of hydrogen-bond donors (Lipinski definition) is 2. The van der Waals surface area contributed by atoms with Crippen LogP contribution in [-0.4, -0.2) is 42.3 Å². The van der Waals surface area contributed by atoms with Crippen LogP contribution < -0.4 is 10.1 Å². The third-order valence-corrected chi connectivity index (χ3v) is 2.98. The molecule has 1 saturated heterocycles. The third-order valence-electron chi connectivity index (χ3n) is 2.98. The molecule has 1 aliphatic heterocycles. The Bertz CT molecular complexity index is 422. The Morgan fingerprint density at radius 2 is 2.39 bits per heavy atom. The highest BCUT2D eigenvalue weighted by Crippen LogP contribution is 2.26. The normalized spacial score (nSPS) is 18.9. The van der Waals surface area contributed by atoms with Crippen LogP contribution in [0.5, 0.6) is 5.75 Å². The summed E-state index contributed by atoms with van der Waals surface area (Å²) in [7, 11) is 0. The van der Waals surface area contributed by atoms with E-state index in [1.165, 1.54) is 0 Å². The largest absolute Gasteiger partial charge is 0.494 e. The monoisotopic (exact) mass is 250 g/mol. The van der Waals surface area contributed by atoms with Crippen LogP contribution in [0.3, 0.4) is 0 Å². The van der Waals surface area contributed by atoms with Gasteiger partial charge in [-0.2, -0.15) is 0 Å². The maximum Gasteiger partial charge on any atom is 0.318 e. The lowest BCUT2D eigenvalue weighted by atomic mass is 10.1. The molecule has 0 saturated carbocycles. The SMILES string of the molecule is CCOc1cccc(C2CNC(=O)N2CCO)c1. The average Bonchev–Trinajstić information content (AvgIpc) is 2.73. The van der Waals surface area contributed by atoms with Crippen molar-refractivity contribution in [2.24, 2.45) is 0 Å².